The highest BCUT2D eigenvalue weighted by Gasteiger charge is 2.35. The number of hydrogen-bond donors (Lipinski definition) is 1. The van der Waals surface area contributed by atoms with Gasteiger partial charge in [0.2, 0.25) is 0 Å². The smallest absolute Gasteiger partial charge is 0.258 e. The van der Waals surface area contributed by atoms with Crippen LogP contribution in [0.3, 0.4) is 0 Å². The van der Waals surface area contributed by atoms with Gasteiger partial charge in [-0.05, 0) is 43.0 Å². The van der Waals surface area contributed by atoms with Crippen LogP contribution < -0.4 is 10.1 Å². The third-order valence-electron chi connectivity index (χ3n) is 5.40. The number of amides is 1. The van der Waals surface area contributed by atoms with E-state index in [1.807, 2.05) is 24.3 Å². The summed E-state index contributed by atoms with van der Waals surface area (Å²) >= 11 is 0. The van der Waals surface area contributed by atoms with E-state index in [0.29, 0.717) is 31.9 Å². The summed E-state index contributed by atoms with van der Waals surface area (Å²) in [5.74, 6) is 0.271. The molecule has 154 valence electrons. The molecule has 2 aliphatic heterocycles. The maximum Gasteiger partial charge on any atom is 0.258 e. The molecule has 3 heterocycles. The van der Waals surface area contributed by atoms with Gasteiger partial charge >= 0.3 is 0 Å². The van der Waals surface area contributed by atoms with E-state index in [2.05, 4.69) is 15.2 Å². The van der Waals surface area contributed by atoms with E-state index >= 15 is 0 Å². The second-order valence-corrected chi connectivity index (χ2v) is 7.56. The predicted molar refractivity (Wildman–Crippen MR) is 106 cm³/mol. The minimum absolute atomic E-state index is 0.0326. The number of ether oxygens (including phenoxy) is 2. The largest absolute Gasteiger partial charge is 0.483 e. The highest BCUT2D eigenvalue weighted by molar-refractivity contribution is 5.78. The summed E-state index contributed by atoms with van der Waals surface area (Å²) in [6.45, 7) is 2.20. The van der Waals surface area contributed by atoms with Gasteiger partial charge in [-0.1, -0.05) is 18.2 Å². The minimum Gasteiger partial charge on any atom is -0.483 e. The Morgan fingerprint density at radius 3 is 2.97 bits per heavy atom. The number of nitrogens with zero attached hydrogens (tertiary/aromatic N) is 2. The first-order chi connectivity index (χ1) is 14.2. The number of nitrogens with one attached hydrogen (secondary N) is 1. The van der Waals surface area contributed by atoms with Crippen LogP contribution in [0, 0.1) is 5.82 Å². The first-order valence-electron chi connectivity index (χ1n) is 10.1. The maximum atomic E-state index is 14.0. The molecule has 1 amide bonds. The SMILES string of the molecule is O=C1COc2ccccc2CCCCO[C@H]2CN(Cc3ncccc3F)C[C@@H]2N1. The molecule has 0 saturated carbocycles. The molecule has 1 saturated heterocycles. The molecule has 1 aromatic heterocycles. The van der Waals surface area contributed by atoms with Crippen LogP contribution in [-0.4, -0.2) is 54.2 Å². The van der Waals surface area contributed by atoms with Gasteiger partial charge in [-0.3, -0.25) is 14.7 Å². The number of aryl methyl sites for hydroxylation is 1. The summed E-state index contributed by atoms with van der Waals surface area (Å²) in [6.07, 6.45) is 4.27. The number of pyridine rings is 1. The molecule has 2 atom stereocenters. The van der Waals surface area contributed by atoms with Crippen LogP contribution in [0.5, 0.6) is 5.75 Å². The van der Waals surface area contributed by atoms with Gasteiger partial charge in [-0.15, -0.1) is 0 Å². The molecule has 7 heteroatoms. The first kappa shape index (κ1) is 19.8. The average molecular weight is 399 g/mol. The van der Waals surface area contributed by atoms with Gasteiger partial charge < -0.3 is 14.8 Å². The number of benzene rings is 1. The molecule has 0 spiro atoms. The van der Waals surface area contributed by atoms with E-state index in [4.69, 9.17) is 9.47 Å². The van der Waals surface area contributed by atoms with Gasteiger partial charge in [0.1, 0.15) is 11.6 Å². The Balaban J connectivity index is 1.42. The lowest BCUT2D eigenvalue weighted by Gasteiger charge is -2.20. The fourth-order valence-electron chi connectivity index (χ4n) is 3.93. The van der Waals surface area contributed by atoms with Gasteiger partial charge in [-0.2, -0.15) is 0 Å². The minimum atomic E-state index is -0.313. The number of likely N-dealkylation sites (tertiary alicyclic amines) is 1. The summed E-state index contributed by atoms with van der Waals surface area (Å²) in [7, 11) is 0. The number of para-hydroxylation sites is 1. The number of fused-ring (bicyclic) bond motifs is 2. The summed E-state index contributed by atoms with van der Waals surface area (Å²) in [6, 6.07) is 10.7. The van der Waals surface area contributed by atoms with Crippen LogP contribution in [0.15, 0.2) is 42.6 Å². The fourth-order valence-corrected chi connectivity index (χ4v) is 3.93. The van der Waals surface area contributed by atoms with E-state index in [-0.39, 0.29) is 30.5 Å². The van der Waals surface area contributed by atoms with Crippen molar-refractivity contribution in [1.29, 1.82) is 0 Å². The lowest BCUT2D eigenvalue weighted by Crippen LogP contribution is -2.45. The monoisotopic (exact) mass is 399 g/mol. The van der Waals surface area contributed by atoms with Crippen molar-refractivity contribution in [2.24, 2.45) is 0 Å². The van der Waals surface area contributed by atoms with Gasteiger partial charge in [0.05, 0.1) is 17.8 Å². The van der Waals surface area contributed by atoms with E-state index in [9.17, 15) is 9.18 Å². The van der Waals surface area contributed by atoms with Crippen molar-refractivity contribution < 1.29 is 18.7 Å². The van der Waals surface area contributed by atoms with Crippen molar-refractivity contribution >= 4 is 5.91 Å². The van der Waals surface area contributed by atoms with Crippen LogP contribution in [0.2, 0.25) is 0 Å². The van der Waals surface area contributed by atoms with E-state index in [1.165, 1.54) is 6.07 Å². The Labute approximate surface area is 170 Å². The number of hydrogen-bond acceptors (Lipinski definition) is 5. The Kier molecular flexibility index (Phi) is 6.36. The molecule has 0 radical (unpaired) electrons. The maximum absolute atomic E-state index is 14.0. The number of aromatic nitrogens is 1. The average Bonchev–Trinajstić information content (AvgIpc) is 3.09. The zero-order valence-electron chi connectivity index (χ0n) is 16.4. The molecular formula is C22H26FN3O3. The number of carbonyl (C=O) groups is 1. The van der Waals surface area contributed by atoms with Crippen molar-refractivity contribution in [2.45, 2.75) is 38.0 Å². The topological polar surface area (TPSA) is 63.7 Å². The molecular weight excluding hydrogens is 373 g/mol. The van der Waals surface area contributed by atoms with Crippen molar-refractivity contribution in [3.8, 4) is 5.75 Å². The zero-order chi connectivity index (χ0) is 20.1. The normalized spacial score (nSPS) is 23.6. The van der Waals surface area contributed by atoms with Crippen molar-refractivity contribution in [1.82, 2.24) is 15.2 Å². The molecule has 2 aliphatic rings. The highest BCUT2D eigenvalue weighted by Crippen LogP contribution is 2.22. The van der Waals surface area contributed by atoms with Crippen LogP contribution in [0.25, 0.3) is 0 Å². The predicted octanol–water partition coefficient (Wildman–Crippen LogP) is 2.32. The van der Waals surface area contributed by atoms with E-state index in [1.54, 1.807) is 12.3 Å². The molecule has 1 aromatic carbocycles. The molecule has 6 nitrogen and oxygen atoms in total. The third kappa shape index (κ3) is 5.10. The van der Waals surface area contributed by atoms with E-state index < -0.39 is 0 Å². The molecule has 0 aliphatic carbocycles. The molecule has 29 heavy (non-hydrogen) atoms. The van der Waals surface area contributed by atoms with Gasteiger partial charge in [-0.25, -0.2) is 4.39 Å². The third-order valence-corrected chi connectivity index (χ3v) is 5.40. The molecule has 0 unspecified atom stereocenters. The summed E-state index contributed by atoms with van der Waals surface area (Å²) in [4.78, 5) is 18.7. The second-order valence-electron chi connectivity index (χ2n) is 7.56. The van der Waals surface area contributed by atoms with Crippen LogP contribution in [0.4, 0.5) is 4.39 Å². The molecule has 1 N–H and O–H groups in total. The molecule has 4 rings (SSSR count). The highest BCUT2D eigenvalue weighted by atomic mass is 19.1. The standard InChI is InChI=1S/C22H26FN3O3/c23-17-8-5-10-24-18(17)12-26-13-19-21(14-26)28-11-4-3-7-16-6-1-2-9-20(16)29-15-22(27)25-19/h1-2,5-6,8-10,19,21H,3-4,7,11-15H2,(H,25,27)/t19-,21-/m0/s1. The Hall–Kier alpha value is -2.51. The van der Waals surface area contributed by atoms with Crippen molar-refractivity contribution in [3.05, 3.63) is 59.7 Å². The summed E-state index contributed by atoms with van der Waals surface area (Å²) in [5.41, 5.74) is 1.52. The Morgan fingerprint density at radius 1 is 1.17 bits per heavy atom. The number of rotatable bonds is 2. The first-order valence-corrected chi connectivity index (χ1v) is 10.1. The van der Waals surface area contributed by atoms with Crippen molar-refractivity contribution in [3.63, 3.8) is 0 Å². The van der Waals surface area contributed by atoms with Gasteiger partial charge in [0.15, 0.2) is 6.61 Å². The Bertz CT molecular complexity index is 848. The van der Waals surface area contributed by atoms with Crippen molar-refractivity contribution in [2.75, 3.05) is 26.3 Å². The molecule has 1 fully saturated rings. The Morgan fingerprint density at radius 2 is 2.07 bits per heavy atom. The summed E-state index contributed by atoms with van der Waals surface area (Å²) in [5, 5.41) is 3.03. The van der Waals surface area contributed by atoms with Crippen LogP contribution in [0.1, 0.15) is 24.1 Å². The fraction of sp³-hybridized carbons (Fsp3) is 0.455. The van der Waals surface area contributed by atoms with Crippen LogP contribution in [-0.2, 0) is 22.5 Å². The molecule has 2 aromatic rings. The van der Waals surface area contributed by atoms with E-state index in [0.717, 1.165) is 30.6 Å². The lowest BCUT2D eigenvalue weighted by molar-refractivity contribution is -0.124. The summed E-state index contributed by atoms with van der Waals surface area (Å²) < 4.78 is 25.8. The van der Waals surface area contributed by atoms with Gasteiger partial charge in [0, 0.05) is 32.4 Å². The number of carbonyl (C=O) groups excluding carboxylic acids is 1. The van der Waals surface area contributed by atoms with Gasteiger partial charge in [0.25, 0.3) is 5.91 Å². The zero-order valence-corrected chi connectivity index (χ0v) is 16.4. The second kappa shape index (κ2) is 9.33. The quantitative estimate of drug-likeness (QED) is 0.840. The van der Waals surface area contributed by atoms with Crippen LogP contribution >= 0.6 is 0 Å². The lowest BCUT2D eigenvalue weighted by atomic mass is 10.1. The number of halogens is 1. The molecule has 0 bridgehead atoms.